The second-order valence-electron chi connectivity index (χ2n) is 9.72. The molecule has 0 aliphatic heterocycles. The van der Waals surface area contributed by atoms with Crippen molar-refractivity contribution in [2.75, 3.05) is 33.9 Å². The lowest BCUT2D eigenvalue weighted by atomic mass is 10.1. The van der Waals surface area contributed by atoms with Gasteiger partial charge in [-0.3, -0.25) is 14.5 Å². The number of pyridine rings is 1. The van der Waals surface area contributed by atoms with Crippen LogP contribution in [0.4, 0.5) is 0 Å². The number of aromatic nitrogens is 3. The molecule has 0 aliphatic rings. The van der Waals surface area contributed by atoms with Gasteiger partial charge in [-0.25, -0.2) is 9.97 Å². The van der Waals surface area contributed by atoms with Gasteiger partial charge in [-0.2, -0.15) is 0 Å². The summed E-state index contributed by atoms with van der Waals surface area (Å²) in [7, 11) is 5.37. The van der Waals surface area contributed by atoms with E-state index in [0.717, 1.165) is 21.5 Å². The standard InChI is InChI=1S/C29H34ClN5O5S/c1-34(16-23(36)29-31-9-4-10-32-29)17-24-22(18-40-12-11-39-3)26-28(41-24)27(38)20(15-35(26)2)13-25(37)33-14-19-5-7-21(30)8-6-19/h4-10,15,23,36H,11-14,16-18H2,1-3H3,(H,33,37). The van der Waals surface area contributed by atoms with Crippen LogP contribution in [0.25, 0.3) is 10.2 Å². The summed E-state index contributed by atoms with van der Waals surface area (Å²) in [6.45, 7) is 2.28. The number of ether oxygens (including phenoxy) is 2. The number of aryl methyl sites for hydroxylation is 1. The Labute approximate surface area is 247 Å². The molecule has 41 heavy (non-hydrogen) atoms. The zero-order valence-corrected chi connectivity index (χ0v) is 24.9. The average molecular weight is 600 g/mol. The van der Waals surface area contributed by atoms with E-state index in [0.29, 0.717) is 60.6 Å². The number of fused-ring (bicyclic) bond motifs is 1. The summed E-state index contributed by atoms with van der Waals surface area (Å²) in [5.41, 5.74) is 2.84. The summed E-state index contributed by atoms with van der Waals surface area (Å²) in [6.07, 6.45) is 4.02. The summed E-state index contributed by atoms with van der Waals surface area (Å²) in [5.74, 6) is 0.110. The Balaban J connectivity index is 1.55. The fourth-order valence-electron chi connectivity index (χ4n) is 4.46. The molecule has 4 rings (SSSR count). The van der Waals surface area contributed by atoms with Gasteiger partial charge in [0.05, 0.1) is 36.5 Å². The van der Waals surface area contributed by atoms with Gasteiger partial charge in [0.2, 0.25) is 11.3 Å². The molecule has 0 fully saturated rings. The number of aliphatic hydroxyl groups is 1. The van der Waals surface area contributed by atoms with Crippen LogP contribution in [0.2, 0.25) is 5.02 Å². The molecule has 3 aromatic heterocycles. The minimum Gasteiger partial charge on any atom is -0.384 e. The van der Waals surface area contributed by atoms with Gasteiger partial charge in [0.15, 0.2) is 5.82 Å². The van der Waals surface area contributed by atoms with Crippen molar-refractivity contribution in [2.45, 2.75) is 32.2 Å². The van der Waals surface area contributed by atoms with Crippen molar-refractivity contribution in [3.63, 3.8) is 0 Å². The van der Waals surface area contributed by atoms with Crippen molar-refractivity contribution < 1.29 is 19.4 Å². The SMILES string of the molecule is COCCOCc1c(CN(C)CC(O)c2ncccn2)sc2c(=O)c(CC(=O)NCc3ccc(Cl)cc3)cn(C)c12. The molecule has 0 aliphatic carbocycles. The van der Waals surface area contributed by atoms with E-state index in [1.165, 1.54) is 11.3 Å². The Bertz CT molecular complexity index is 1510. The number of aliphatic hydroxyl groups excluding tert-OH is 1. The number of methoxy groups -OCH3 is 1. The quantitative estimate of drug-likeness (QED) is 0.212. The number of hydrogen-bond donors (Lipinski definition) is 2. The number of benzene rings is 1. The summed E-state index contributed by atoms with van der Waals surface area (Å²) in [4.78, 5) is 37.5. The second-order valence-corrected chi connectivity index (χ2v) is 11.3. The van der Waals surface area contributed by atoms with Crippen LogP contribution in [0.1, 0.15) is 33.5 Å². The molecule has 3 heterocycles. The number of nitrogens with one attached hydrogen (secondary N) is 1. The van der Waals surface area contributed by atoms with Gasteiger partial charge in [0.1, 0.15) is 6.10 Å². The number of likely N-dealkylation sites (N-methyl/N-ethyl adjacent to an activating group) is 1. The highest BCUT2D eigenvalue weighted by atomic mass is 35.5. The Kier molecular flexibility index (Phi) is 11.0. The first kappa shape index (κ1) is 30.8. The van der Waals surface area contributed by atoms with E-state index in [1.807, 2.05) is 35.7 Å². The highest BCUT2D eigenvalue weighted by Gasteiger charge is 2.22. The molecule has 0 radical (unpaired) electrons. The third-order valence-corrected chi connectivity index (χ3v) is 7.93. The van der Waals surface area contributed by atoms with Crippen molar-refractivity contribution in [2.24, 2.45) is 7.05 Å². The first-order valence-electron chi connectivity index (χ1n) is 13.1. The van der Waals surface area contributed by atoms with E-state index < -0.39 is 6.10 Å². The van der Waals surface area contributed by atoms with Crippen LogP contribution in [-0.4, -0.2) is 64.4 Å². The van der Waals surface area contributed by atoms with Gasteiger partial charge in [0.25, 0.3) is 0 Å². The van der Waals surface area contributed by atoms with E-state index in [9.17, 15) is 14.7 Å². The van der Waals surface area contributed by atoms with Crippen LogP contribution in [0, 0.1) is 0 Å². The smallest absolute Gasteiger partial charge is 0.224 e. The second kappa shape index (κ2) is 14.6. The average Bonchev–Trinajstić information content (AvgIpc) is 3.32. The largest absolute Gasteiger partial charge is 0.384 e. The summed E-state index contributed by atoms with van der Waals surface area (Å²) in [6, 6.07) is 8.93. The molecule has 12 heteroatoms. The van der Waals surface area contributed by atoms with Crippen molar-refractivity contribution in [1.29, 1.82) is 0 Å². The molecule has 1 unspecified atom stereocenters. The van der Waals surface area contributed by atoms with Crippen molar-refractivity contribution >= 4 is 39.1 Å². The normalized spacial score (nSPS) is 12.2. The molecule has 2 N–H and O–H groups in total. The molecule has 1 atom stereocenters. The Morgan fingerprint density at radius 1 is 1.22 bits per heavy atom. The molecular formula is C29H34ClN5O5S. The molecule has 0 spiro atoms. The van der Waals surface area contributed by atoms with Crippen LogP contribution in [0.5, 0.6) is 0 Å². The molecular weight excluding hydrogens is 566 g/mol. The van der Waals surface area contributed by atoms with Gasteiger partial charge < -0.3 is 24.5 Å². The van der Waals surface area contributed by atoms with Gasteiger partial charge in [-0.15, -0.1) is 11.3 Å². The van der Waals surface area contributed by atoms with Crippen LogP contribution in [0.3, 0.4) is 0 Å². The van der Waals surface area contributed by atoms with Crippen LogP contribution in [0.15, 0.2) is 53.7 Å². The lowest BCUT2D eigenvalue weighted by Gasteiger charge is -2.20. The van der Waals surface area contributed by atoms with E-state index in [-0.39, 0.29) is 17.8 Å². The Morgan fingerprint density at radius 2 is 1.95 bits per heavy atom. The van der Waals surface area contributed by atoms with Gasteiger partial charge in [0, 0.05) is 73.4 Å². The van der Waals surface area contributed by atoms with Gasteiger partial charge >= 0.3 is 0 Å². The minimum atomic E-state index is -0.860. The number of thiophene rings is 1. The lowest BCUT2D eigenvalue weighted by Crippen LogP contribution is -2.27. The fourth-order valence-corrected chi connectivity index (χ4v) is 5.98. The highest BCUT2D eigenvalue weighted by Crippen LogP contribution is 2.31. The predicted molar refractivity (Wildman–Crippen MR) is 159 cm³/mol. The van der Waals surface area contributed by atoms with Crippen molar-refractivity contribution in [3.05, 3.63) is 91.6 Å². The Morgan fingerprint density at radius 3 is 2.66 bits per heavy atom. The van der Waals surface area contributed by atoms with Crippen molar-refractivity contribution in [3.8, 4) is 0 Å². The van der Waals surface area contributed by atoms with Crippen LogP contribution < -0.4 is 10.7 Å². The molecule has 0 bridgehead atoms. The van der Waals surface area contributed by atoms with E-state index in [1.54, 1.807) is 43.9 Å². The number of carbonyl (C=O) groups is 1. The minimum absolute atomic E-state index is 0.0354. The first-order chi connectivity index (χ1) is 19.8. The lowest BCUT2D eigenvalue weighted by molar-refractivity contribution is -0.120. The summed E-state index contributed by atoms with van der Waals surface area (Å²) >= 11 is 7.33. The predicted octanol–water partition coefficient (Wildman–Crippen LogP) is 3.23. The third-order valence-electron chi connectivity index (χ3n) is 6.48. The molecule has 0 saturated carbocycles. The topological polar surface area (TPSA) is 119 Å². The van der Waals surface area contributed by atoms with Crippen molar-refractivity contribution in [1.82, 2.24) is 24.8 Å². The van der Waals surface area contributed by atoms with E-state index in [2.05, 4.69) is 15.3 Å². The van der Waals surface area contributed by atoms with Crippen LogP contribution in [-0.2, 0) is 47.4 Å². The molecule has 10 nitrogen and oxygen atoms in total. The summed E-state index contributed by atoms with van der Waals surface area (Å²) < 4.78 is 13.4. The monoisotopic (exact) mass is 599 g/mol. The molecule has 218 valence electrons. The van der Waals surface area contributed by atoms with Crippen LogP contribution >= 0.6 is 22.9 Å². The molecule has 4 aromatic rings. The fraction of sp³-hybridized carbons (Fsp3) is 0.379. The maximum absolute atomic E-state index is 13.6. The van der Waals surface area contributed by atoms with E-state index in [4.69, 9.17) is 21.1 Å². The highest BCUT2D eigenvalue weighted by molar-refractivity contribution is 7.19. The number of nitrogens with zero attached hydrogens (tertiary/aromatic N) is 4. The number of carbonyl (C=O) groups excluding carboxylic acids is 1. The van der Waals surface area contributed by atoms with Gasteiger partial charge in [-0.1, -0.05) is 23.7 Å². The summed E-state index contributed by atoms with van der Waals surface area (Å²) in [5, 5.41) is 14.1. The number of amides is 1. The third kappa shape index (κ3) is 8.19. The molecule has 1 aromatic carbocycles. The zero-order valence-electron chi connectivity index (χ0n) is 23.3. The molecule has 1 amide bonds. The maximum Gasteiger partial charge on any atom is 0.224 e. The van der Waals surface area contributed by atoms with Gasteiger partial charge in [-0.05, 0) is 30.8 Å². The first-order valence-corrected chi connectivity index (χ1v) is 14.3. The Hall–Kier alpha value is -3.19. The zero-order chi connectivity index (χ0) is 29.4. The number of halogens is 1. The number of hydrogen-bond acceptors (Lipinski definition) is 9. The number of rotatable bonds is 14. The maximum atomic E-state index is 13.6. The van der Waals surface area contributed by atoms with E-state index >= 15 is 0 Å². The molecule has 0 saturated heterocycles.